The second-order valence-corrected chi connectivity index (χ2v) is 5.61. The third-order valence-corrected chi connectivity index (χ3v) is 3.79. The molecule has 2 nitrogen and oxygen atoms in total. The van der Waals surface area contributed by atoms with Gasteiger partial charge in [-0.25, -0.2) is 0 Å². The molecular weight excluding hydrogens is 202 g/mol. The Morgan fingerprint density at radius 2 is 2.31 bits per heavy atom. The van der Waals surface area contributed by atoms with Crippen molar-refractivity contribution in [1.82, 2.24) is 0 Å². The van der Waals surface area contributed by atoms with E-state index >= 15 is 0 Å². The van der Waals surface area contributed by atoms with E-state index in [1.165, 1.54) is 11.8 Å². The van der Waals surface area contributed by atoms with Gasteiger partial charge in [-0.2, -0.15) is 5.26 Å². The van der Waals surface area contributed by atoms with Gasteiger partial charge in [-0.05, 0) is 26.0 Å². The van der Waals surface area contributed by atoms with Gasteiger partial charge in [-0.3, -0.25) is 0 Å². The van der Waals surface area contributed by atoms with E-state index in [1.54, 1.807) is 11.8 Å². The highest BCUT2D eigenvalue weighted by molar-refractivity contribution is 8.22. The number of nitriles is 1. The number of hydrogen-bond acceptors (Lipinski definition) is 4. The predicted octanol–water partition coefficient (Wildman–Crippen LogP) is 2.61. The molecule has 0 saturated carbocycles. The van der Waals surface area contributed by atoms with Crippen molar-refractivity contribution in [3.05, 3.63) is 10.8 Å². The van der Waals surface area contributed by atoms with Crippen molar-refractivity contribution in [2.75, 3.05) is 12.9 Å². The van der Waals surface area contributed by atoms with Crippen molar-refractivity contribution in [1.29, 1.82) is 5.26 Å². The molecule has 0 bridgehead atoms. The number of aliphatic hydroxyl groups excluding tert-OH is 1. The Balaban J connectivity index is 4.13. The Hall–Kier alpha value is -0.110. The molecule has 0 aromatic heterocycles. The maximum atomic E-state index is 8.95. The van der Waals surface area contributed by atoms with Crippen LogP contribution in [-0.4, -0.2) is 22.7 Å². The maximum absolute atomic E-state index is 8.95. The van der Waals surface area contributed by atoms with E-state index in [0.717, 1.165) is 4.24 Å². The predicted molar refractivity (Wildman–Crippen MR) is 60.6 cm³/mol. The third kappa shape index (κ3) is 5.25. The van der Waals surface area contributed by atoms with Crippen molar-refractivity contribution in [2.45, 2.75) is 24.5 Å². The molecule has 0 radical (unpaired) electrons. The van der Waals surface area contributed by atoms with E-state index in [4.69, 9.17) is 10.4 Å². The van der Waals surface area contributed by atoms with Crippen LogP contribution in [0.1, 0.15) is 19.8 Å². The molecule has 0 fully saturated rings. The molecule has 0 aliphatic rings. The second-order valence-electron chi connectivity index (χ2n) is 2.85. The molecule has 0 aliphatic heterocycles. The van der Waals surface area contributed by atoms with Gasteiger partial charge >= 0.3 is 0 Å². The molecule has 0 aliphatic carbocycles. The molecule has 0 aromatic carbocycles. The lowest BCUT2D eigenvalue weighted by atomic mass is 10.1. The quantitative estimate of drug-likeness (QED) is 0.742. The smallest absolute Gasteiger partial charge is 0.105 e. The minimum atomic E-state index is -0.442. The van der Waals surface area contributed by atoms with E-state index in [2.05, 4.69) is 12.6 Å². The highest BCUT2D eigenvalue weighted by Gasteiger charge is 2.24. The van der Waals surface area contributed by atoms with E-state index < -0.39 is 4.75 Å². The van der Waals surface area contributed by atoms with Crippen molar-refractivity contribution in [3.8, 4) is 6.07 Å². The summed E-state index contributed by atoms with van der Waals surface area (Å²) in [7, 11) is 0. The molecule has 0 amide bonds. The number of thioether (sulfide) groups is 2. The minimum Gasteiger partial charge on any atom is -0.396 e. The van der Waals surface area contributed by atoms with Gasteiger partial charge in [0.2, 0.25) is 0 Å². The number of aliphatic hydroxyl groups is 1. The van der Waals surface area contributed by atoms with Crippen LogP contribution in [0, 0.1) is 11.3 Å². The molecule has 74 valence electrons. The van der Waals surface area contributed by atoms with Crippen LogP contribution in [0.5, 0.6) is 0 Å². The summed E-state index contributed by atoms with van der Waals surface area (Å²) in [5.41, 5.74) is 0. The highest BCUT2D eigenvalue weighted by Crippen LogP contribution is 2.38. The average molecular weight is 217 g/mol. The van der Waals surface area contributed by atoms with Crippen LogP contribution in [0.3, 0.4) is 0 Å². The Morgan fingerprint density at radius 1 is 1.69 bits per heavy atom. The van der Waals surface area contributed by atoms with Gasteiger partial charge in [-0.15, -0.1) is 11.8 Å². The van der Waals surface area contributed by atoms with Gasteiger partial charge in [-0.1, -0.05) is 18.3 Å². The summed E-state index contributed by atoms with van der Waals surface area (Å²) in [5.74, 6) is 0. The third-order valence-electron chi connectivity index (χ3n) is 1.62. The molecule has 0 spiro atoms. The zero-order valence-electron chi connectivity index (χ0n) is 8.04. The van der Waals surface area contributed by atoms with Crippen LogP contribution in [0.25, 0.3) is 0 Å². The Bertz CT molecular complexity index is 212. The largest absolute Gasteiger partial charge is 0.396 e. The Kier molecular flexibility index (Phi) is 6.31. The minimum absolute atomic E-state index is 0.142. The molecule has 0 aromatic rings. The lowest BCUT2D eigenvalue weighted by Gasteiger charge is -2.20. The summed E-state index contributed by atoms with van der Waals surface area (Å²) in [6, 6.07) is 2.26. The lowest BCUT2D eigenvalue weighted by Crippen LogP contribution is -2.17. The summed E-state index contributed by atoms with van der Waals surface area (Å²) in [6.45, 7) is 5.85. The van der Waals surface area contributed by atoms with Crippen LogP contribution in [-0.2, 0) is 0 Å². The van der Waals surface area contributed by atoms with Gasteiger partial charge in [0.1, 0.15) is 4.75 Å². The van der Waals surface area contributed by atoms with E-state index in [-0.39, 0.29) is 6.61 Å². The number of nitrogens with zero attached hydrogens (tertiary/aromatic N) is 1. The monoisotopic (exact) mass is 217 g/mol. The average Bonchev–Trinajstić information content (AvgIpc) is 2.14. The standard InChI is InChI=1S/C9H15NOS2/c1-8(12-3)13-9(2,7-10)5-4-6-11/h11H,1,4-6H2,2-3H3. The summed E-state index contributed by atoms with van der Waals surface area (Å²) in [4.78, 5) is 0. The summed E-state index contributed by atoms with van der Waals surface area (Å²) < 4.78 is 0.505. The first-order valence-corrected chi connectivity index (χ1v) is 6.06. The number of hydrogen-bond donors (Lipinski definition) is 1. The number of rotatable bonds is 6. The molecule has 13 heavy (non-hydrogen) atoms. The van der Waals surface area contributed by atoms with Crippen LogP contribution in [0.15, 0.2) is 10.8 Å². The fourth-order valence-electron chi connectivity index (χ4n) is 0.839. The Morgan fingerprint density at radius 3 is 2.69 bits per heavy atom. The molecule has 1 unspecified atom stereocenters. The first kappa shape index (κ1) is 12.9. The molecule has 0 heterocycles. The SMILES string of the molecule is C=C(SC)SC(C)(C#N)CCCO. The second kappa shape index (κ2) is 6.36. The van der Waals surface area contributed by atoms with E-state index in [1.807, 2.05) is 13.2 Å². The molecule has 1 atom stereocenters. The molecule has 4 heteroatoms. The van der Waals surface area contributed by atoms with E-state index in [9.17, 15) is 0 Å². The topological polar surface area (TPSA) is 44.0 Å². The lowest BCUT2D eigenvalue weighted by molar-refractivity contribution is 0.282. The molecular formula is C9H15NOS2. The van der Waals surface area contributed by atoms with E-state index in [0.29, 0.717) is 12.8 Å². The molecule has 1 N–H and O–H groups in total. The van der Waals surface area contributed by atoms with Gasteiger partial charge in [0.05, 0.1) is 6.07 Å². The summed E-state index contributed by atoms with van der Waals surface area (Å²) in [6.07, 6.45) is 3.31. The van der Waals surface area contributed by atoms with Crippen LogP contribution >= 0.6 is 23.5 Å². The molecule has 0 saturated heterocycles. The highest BCUT2D eigenvalue weighted by atomic mass is 32.2. The van der Waals surface area contributed by atoms with Crippen molar-refractivity contribution in [2.24, 2.45) is 0 Å². The van der Waals surface area contributed by atoms with Crippen LogP contribution in [0.4, 0.5) is 0 Å². The normalized spacial score (nSPS) is 14.6. The first-order chi connectivity index (χ1) is 6.08. The van der Waals surface area contributed by atoms with Gasteiger partial charge in [0, 0.05) is 10.8 Å². The van der Waals surface area contributed by atoms with Gasteiger partial charge in [0.15, 0.2) is 0 Å². The zero-order chi connectivity index (χ0) is 10.3. The fraction of sp³-hybridized carbons (Fsp3) is 0.667. The van der Waals surface area contributed by atoms with Crippen LogP contribution < -0.4 is 0 Å². The van der Waals surface area contributed by atoms with Crippen LogP contribution in [0.2, 0.25) is 0 Å². The maximum Gasteiger partial charge on any atom is 0.105 e. The van der Waals surface area contributed by atoms with Crippen molar-refractivity contribution < 1.29 is 5.11 Å². The zero-order valence-corrected chi connectivity index (χ0v) is 9.67. The van der Waals surface area contributed by atoms with Crippen molar-refractivity contribution in [3.63, 3.8) is 0 Å². The first-order valence-electron chi connectivity index (χ1n) is 4.02. The Labute approximate surface area is 88.4 Å². The van der Waals surface area contributed by atoms with Gasteiger partial charge < -0.3 is 5.11 Å². The summed E-state index contributed by atoms with van der Waals surface area (Å²) in [5, 5.41) is 17.6. The summed E-state index contributed by atoms with van der Waals surface area (Å²) >= 11 is 3.04. The molecule has 0 rings (SSSR count). The fourth-order valence-corrected chi connectivity index (χ4v) is 2.52. The van der Waals surface area contributed by atoms with Crippen molar-refractivity contribution >= 4 is 23.5 Å². The van der Waals surface area contributed by atoms with Gasteiger partial charge in [0.25, 0.3) is 0 Å².